The number of imidazole rings is 1. The summed E-state index contributed by atoms with van der Waals surface area (Å²) in [5, 5.41) is 4.67. The first-order chi connectivity index (χ1) is 15.7. The number of hydrogen-bond donors (Lipinski definition) is 0. The molecule has 0 N–H and O–H groups in total. The van der Waals surface area contributed by atoms with Gasteiger partial charge in [0.15, 0.2) is 5.65 Å². The lowest BCUT2D eigenvalue weighted by molar-refractivity contribution is -0.141. The molecule has 2 aromatic heterocycles. The van der Waals surface area contributed by atoms with Crippen molar-refractivity contribution in [1.82, 2.24) is 19.5 Å². The summed E-state index contributed by atoms with van der Waals surface area (Å²) in [5.74, 6) is 0.237. The van der Waals surface area contributed by atoms with Gasteiger partial charge in [-0.3, -0.25) is 4.79 Å². The number of rotatable bonds is 4. The lowest BCUT2D eigenvalue weighted by Crippen LogP contribution is -2.50. The summed E-state index contributed by atoms with van der Waals surface area (Å²) in [6.07, 6.45) is 8.51. The van der Waals surface area contributed by atoms with Gasteiger partial charge in [-0.1, -0.05) is 18.2 Å². The van der Waals surface area contributed by atoms with E-state index in [2.05, 4.69) is 10.1 Å². The van der Waals surface area contributed by atoms with E-state index in [4.69, 9.17) is 4.74 Å². The van der Waals surface area contributed by atoms with Crippen LogP contribution in [0.2, 0.25) is 0 Å². The zero-order valence-electron chi connectivity index (χ0n) is 18.3. The van der Waals surface area contributed by atoms with Crippen LogP contribution in [0.25, 0.3) is 5.65 Å². The van der Waals surface area contributed by atoms with Crippen molar-refractivity contribution in [2.45, 2.75) is 43.9 Å². The molecule has 5 rings (SSSR count). The maximum absolute atomic E-state index is 14.8. The number of carbonyl (C=O) groups excluding carboxylic acids is 1. The van der Waals surface area contributed by atoms with Crippen LogP contribution in [-0.4, -0.2) is 51.7 Å². The lowest BCUT2D eigenvalue weighted by atomic mass is 9.72. The molecule has 1 amide bonds. The van der Waals surface area contributed by atoms with E-state index in [9.17, 15) is 9.18 Å². The van der Waals surface area contributed by atoms with Crippen LogP contribution in [0.1, 0.15) is 43.4 Å². The average Bonchev–Trinajstić information content (AvgIpc) is 3.17. The highest BCUT2D eigenvalue weighted by Gasteiger charge is 2.45. The number of hydrogen-bond acceptors (Lipinski definition) is 4. The number of likely N-dealkylation sites (tertiary alicyclic amines) is 1. The fourth-order valence-electron chi connectivity index (χ4n) is 5.30. The van der Waals surface area contributed by atoms with Crippen LogP contribution in [-0.2, 0) is 21.4 Å². The molecule has 168 valence electrons. The highest BCUT2D eigenvalue weighted by Crippen LogP contribution is 2.39. The number of fused-ring (bicyclic) bond motifs is 1. The van der Waals surface area contributed by atoms with E-state index in [1.54, 1.807) is 18.3 Å². The van der Waals surface area contributed by atoms with E-state index in [-0.39, 0.29) is 11.7 Å². The Hall–Kier alpha value is -2.80. The molecule has 6 nitrogen and oxygen atoms in total. The van der Waals surface area contributed by atoms with Crippen LogP contribution < -0.4 is 0 Å². The van der Waals surface area contributed by atoms with Crippen molar-refractivity contribution in [3.05, 3.63) is 65.9 Å². The monoisotopic (exact) mass is 436 g/mol. The van der Waals surface area contributed by atoms with E-state index in [1.807, 2.05) is 33.8 Å². The molecule has 0 radical (unpaired) electrons. The Morgan fingerprint density at radius 1 is 1.12 bits per heavy atom. The Bertz CT molecular complexity index is 1090. The zero-order valence-corrected chi connectivity index (χ0v) is 18.3. The molecule has 2 aliphatic heterocycles. The molecule has 1 aromatic carbocycles. The fourth-order valence-corrected chi connectivity index (χ4v) is 5.30. The Kier molecular flexibility index (Phi) is 5.91. The van der Waals surface area contributed by atoms with Gasteiger partial charge in [-0.15, -0.1) is 0 Å². The van der Waals surface area contributed by atoms with Crippen molar-refractivity contribution in [3.63, 3.8) is 0 Å². The number of carbonyl (C=O) groups is 1. The first-order valence-corrected chi connectivity index (χ1v) is 11.6. The minimum absolute atomic E-state index is 0.0597. The summed E-state index contributed by atoms with van der Waals surface area (Å²) in [6.45, 7) is 2.39. The Morgan fingerprint density at radius 2 is 1.97 bits per heavy atom. The largest absolute Gasteiger partial charge is 0.381 e. The lowest BCUT2D eigenvalue weighted by Gasteiger charge is -2.40. The quantitative estimate of drug-likeness (QED) is 0.624. The number of nitrogens with zero attached hydrogens (tertiary/aromatic N) is 4. The predicted molar refractivity (Wildman–Crippen MR) is 119 cm³/mol. The number of ether oxygens (including phenoxy) is 1. The normalized spacial score (nSPS) is 21.4. The van der Waals surface area contributed by atoms with Gasteiger partial charge in [0.25, 0.3) is 0 Å². The molecule has 32 heavy (non-hydrogen) atoms. The minimum atomic E-state index is -0.822. The van der Waals surface area contributed by atoms with Crippen molar-refractivity contribution in [2.24, 2.45) is 5.92 Å². The van der Waals surface area contributed by atoms with Crippen LogP contribution in [0.15, 0.2) is 48.8 Å². The summed E-state index contributed by atoms with van der Waals surface area (Å²) in [4.78, 5) is 20.1. The molecule has 2 fully saturated rings. The SMILES string of the molecule is O=C(N1CCC[C@H](Cc2ccc3nccn3n2)CC1)C1(c2ccccc2F)CCOCC1. The molecule has 3 aromatic rings. The van der Waals surface area contributed by atoms with Gasteiger partial charge in [0.1, 0.15) is 5.82 Å². The maximum atomic E-state index is 14.8. The van der Waals surface area contributed by atoms with Gasteiger partial charge >= 0.3 is 0 Å². The molecule has 0 bridgehead atoms. The first-order valence-electron chi connectivity index (χ1n) is 11.6. The molecule has 0 saturated carbocycles. The van der Waals surface area contributed by atoms with Gasteiger partial charge in [0.05, 0.1) is 11.1 Å². The predicted octanol–water partition coefficient (Wildman–Crippen LogP) is 3.79. The summed E-state index contributed by atoms with van der Waals surface area (Å²) in [6, 6.07) is 10.8. The number of benzene rings is 1. The molecule has 2 saturated heterocycles. The van der Waals surface area contributed by atoms with E-state index >= 15 is 0 Å². The smallest absolute Gasteiger partial charge is 0.233 e. The molecule has 7 heteroatoms. The van der Waals surface area contributed by atoms with Crippen LogP contribution in [0, 0.1) is 11.7 Å². The van der Waals surface area contributed by atoms with E-state index in [1.165, 1.54) is 6.07 Å². The molecular formula is C25H29FN4O2. The fraction of sp³-hybridized carbons (Fsp3) is 0.480. The summed E-state index contributed by atoms with van der Waals surface area (Å²) < 4.78 is 22.2. The van der Waals surface area contributed by atoms with Crippen molar-refractivity contribution >= 4 is 11.6 Å². The third kappa shape index (κ3) is 4.01. The molecule has 1 atom stereocenters. The van der Waals surface area contributed by atoms with Gasteiger partial charge < -0.3 is 9.64 Å². The number of halogens is 1. The Balaban J connectivity index is 1.31. The first kappa shape index (κ1) is 21.1. The van der Waals surface area contributed by atoms with Crippen molar-refractivity contribution in [2.75, 3.05) is 26.3 Å². The Morgan fingerprint density at radius 3 is 2.81 bits per heavy atom. The molecule has 0 unspecified atom stereocenters. The third-order valence-electron chi connectivity index (χ3n) is 7.09. The van der Waals surface area contributed by atoms with E-state index in [0.717, 1.165) is 43.6 Å². The van der Waals surface area contributed by atoms with Crippen molar-refractivity contribution < 1.29 is 13.9 Å². The topological polar surface area (TPSA) is 59.7 Å². The van der Waals surface area contributed by atoms with Crippen LogP contribution in [0.5, 0.6) is 0 Å². The molecular weight excluding hydrogens is 407 g/mol. The second-order valence-electron chi connectivity index (χ2n) is 9.02. The van der Waals surface area contributed by atoms with Crippen molar-refractivity contribution in [1.29, 1.82) is 0 Å². The summed E-state index contributed by atoms with van der Waals surface area (Å²) in [7, 11) is 0. The highest BCUT2D eigenvalue weighted by molar-refractivity contribution is 5.88. The number of amides is 1. The van der Waals surface area contributed by atoms with Gasteiger partial charge in [-0.2, -0.15) is 5.10 Å². The molecule has 0 spiro atoms. The molecule has 2 aliphatic rings. The van der Waals surface area contributed by atoms with E-state index in [0.29, 0.717) is 44.1 Å². The van der Waals surface area contributed by atoms with Gasteiger partial charge in [-0.25, -0.2) is 13.9 Å². The minimum Gasteiger partial charge on any atom is -0.381 e. The van der Waals surface area contributed by atoms with Gasteiger partial charge in [0, 0.05) is 44.3 Å². The Labute approximate surface area is 187 Å². The molecule has 0 aliphatic carbocycles. The van der Waals surface area contributed by atoms with Gasteiger partial charge in [0.2, 0.25) is 5.91 Å². The third-order valence-corrected chi connectivity index (χ3v) is 7.09. The summed E-state index contributed by atoms with van der Waals surface area (Å²) in [5.41, 5.74) is 1.60. The second-order valence-corrected chi connectivity index (χ2v) is 9.02. The van der Waals surface area contributed by atoms with Crippen LogP contribution >= 0.6 is 0 Å². The van der Waals surface area contributed by atoms with Crippen LogP contribution in [0.3, 0.4) is 0 Å². The maximum Gasteiger partial charge on any atom is 0.233 e. The van der Waals surface area contributed by atoms with Gasteiger partial charge in [-0.05, 0) is 62.6 Å². The summed E-state index contributed by atoms with van der Waals surface area (Å²) >= 11 is 0. The zero-order chi connectivity index (χ0) is 22.0. The molecule has 4 heterocycles. The van der Waals surface area contributed by atoms with Crippen LogP contribution in [0.4, 0.5) is 4.39 Å². The second kappa shape index (κ2) is 8.98. The number of aromatic nitrogens is 3. The van der Waals surface area contributed by atoms with Crippen molar-refractivity contribution in [3.8, 4) is 0 Å². The standard InChI is InChI=1S/C25H29FN4O2/c26-22-6-2-1-5-21(22)25(10-16-32-17-11-25)24(31)29-13-3-4-19(9-14-29)18-20-7-8-23-27-12-15-30(23)28-20/h1-2,5-8,12,15,19H,3-4,9-11,13-14,16-18H2/t19-/m0/s1. The average molecular weight is 437 g/mol. The highest BCUT2D eigenvalue weighted by atomic mass is 19.1. The van der Waals surface area contributed by atoms with E-state index < -0.39 is 5.41 Å².